The van der Waals surface area contributed by atoms with Crippen LogP contribution in [0.1, 0.15) is 35.7 Å². The number of ether oxygens (including phenoxy) is 1. The summed E-state index contributed by atoms with van der Waals surface area (Å²) in [7, 11) is 0. The van der Waals surface area contributed by atoms with Crippen LogP contribution in [0.2, 0.25) is 0 Å². The van der Waals surface area contributed by atoms with Gasteiger partial charge in [-0.1, -0.05) is 0 Å². The van der Waals surface area contributed by atoms with Gasteiger partial charge in [-0.05, 0) is 44.0 Å². The topological polar surface area (TPSA) is 62.1 Å². The van der Waals surface area contributed by atoms with Gasteiger partial charge in [0, 0.05) is 18.7 Å². The van der Waals surface area contributed by atoms with E-state index < -0.39 is 0 Å². The predicted octanol–water partition coefficient (Wildman–Crippen LogP) is 1.86. The van der Waals surface area contributed by atoms with E-state index in [2.05, 4.69) is 5.32 Å². The molecule has 1 aromatic rings. The van der Waals surface area contributed by atoms with Crippen LogP contribution in [0.3, 0.4) is 0 Å². The minimum absolute atomic E-state index is 0.129. The largest absolute Gasteiger partial charge is 0.373 e. The van der Waals surface area contributed by atoms with Gasteiger partial charge in [-0.15, -0.1) is 0 Å². The molecule has 1 fully saturated rings. The lowest BCUT2D eigenvalue weighted by molar-refractivity contribution is 0.0206. The van der Waals surface area contributed by atoms with E-state index in [1.54, 1.807) is 24.3 Å². The third-order valence-corrected chi connectivity index (χ3v) is 3.20. The third kappa shape index (κ3) is 2.88. The van der Waals surface area contributed by atoms with Crippen LogP contribution in [0.4, 0.5) is 0 Å². The van der Waals surface area contributed by atoms with Crippen molar-refractivity contribution in [3.8, 4) is 6.07 Å². The molecule has 18 heavy (non-hydrogen) atoms. The van der Waals surface area contributed by atoms with Crippen LogP contribution >= 0.6 is 0 Å². The summed E-state index contributed by atoms with van der Waals surface area (Å²) in [6.07, 6.45) is 2.02. The van der Waals surface area contributed by atoms with Gasteiger partial charge in [0.05, 0.1) is 17.2 Å². The Hall–Kier alpha value is -1.86. The fraction of sp³-hybridized carbons (Fsp3) is 0.429. The number of amides is 1. The lowest BCUT2D eigenvalue weighted by atomic mass is 10.0. The second-order valence-corrected chi connectivity index (χ2v) is 4.77. The molecular formula is C14H16N2O2. The Balaban J connectivity index is 1.93. The molecule has 0 bridgehead atoms. The molecule has 2 rings (SSSR count). The fourth-order valence-corrected chi connectivity index (χ4v) is 2.04. The molecule has 0 aliphatic carbocycles. The molecule has 0 aromatic heterocycles. The third-order valence-electron chi connectivity index (χ3n) is 3.20. The molecule has 1 unspecified atom stereocenters. The molecule has 94 valence electrons. The molecule has 1 N–H and O–H groups in total. The summed E-state index contributed by atoms with van der Waals surface area (Å²) in [6, 6.07) is 8.62. The van der Waals surface area contributed by atoms with Crippen molar-refractivity contribution in [1.82, 2.24) is 5.32 Å². The number of nitrogens with one attached hydrogen (secondary N) is 1. The van der Waals surface area contributed by atoms with Crippen LogP contribution in [0.25, 0.3) is 0 Å². The van der Waals surface area contributed by atoms with E-state index in [4.69, 9.17) is 10.00 Å². The van der Waals surface area contributed by atoms with Gasteiger partial charge in [0.1, 0.15) is 0 Å². The van der Waals surface area contributed by atoms with Crippen LogP contribution in [-0.4, -0.2) is 24.7 Å². The van der Waals surface area contributed by atoms with E-state index in [1.807, 2.05) is 13.0 Å². The molecule has 1 atom stereocenters. The van der Waals surface area contributed by atoms with Gasteiger partial charge in [0.2, 0.25) is 0 Å². The van der Waals surface area contributed by atoms with Crippen LogP contribution in [-0.2, 0) is 4.74 Å². The van der Waals surface area contributed by atoms with Crippen molar-refractivity contribution < 1.29 is 9.53 Å². The summed E-state index contributed by atoms with van der Waals surface area (Å²) < 4.78 is 5.61. The molecular weight excluding hydrogens is 228 g/mol. The summed E-state index contributed by atoms with van der Waals surface area (Å²) in [4.78, 5) is 11.9. The molecule has 1 saturated heterocycles. The number of nitrogens with zero attached hydrogens (tertiary/aromatic N) is 1. The Kier molecular flexibility index (Phi) is 3.63. The highest BCUT2D eigenvalue weighted by Crippen LogP contribution is 2.23. The van der Waals surface area contributed by atoms with E-state index in [9.17, 15) is 4.79 Å². The Morgan fingerprint density at radius 3 is 2.78 bits per heavy atom. The Bertz CT molecular complexity index is 468. The van der Waals surface area contributed by atoms with Crippen LogP contribution in [0.5, 0.6) is 0 Å². The van der Waals surface area contributed by atoms with Crippen LogP contribution in [0.15, 0.2) is 24.3 Å². The van der Waals surface area contributed by atoms with E-state index in [0.29, 0.717) is 17.7 Å². The first kappa shape index (κ1) is 12.6. The highest BCUT2D eigenvalue weighted by Gasteiger charge is 2.30. The number of hydrogen-bond acceptors (Lipinski definition) is 3. The van der Waals surface area contributed by atoms with Crippen molar-refractivity contribution in [3.05, 3.63) is 35.4 Å². The zero-order valence-electron chi connectivity index (χ0n) is 10.4. The second kappa shape index (κ2) is 5.19. The molecule has 1 heterocycles. The molecule has 1 aliphatic heterocycles. The molecule has 1 aromatic carbocycles. The highest BCUT2D eigenvalue weighted by atomic mass is 16.5. The number of carbonyl (C=O) groups excluding carboxylic acids is 1. The Morgan fingerprint density at radius 2 is 2.22 bits per heavy atom. The van der Waals surface area contributed by atoms with E-state index in [0.717, 1.165) is 19.4 Å². The maximum absolute atomic E-state index is 11.9. The fourth-order valence-electron chi connectivity index (χ4n) is 2.04. The lowest BCUT2D eigenvalue weighted by Gasteiger charge is -2.23. The van der Waals surface area contributed by atoms with Crippen molar-refractivity contribution >= 4 is 5.91 Å². The van der Waals surface area contributed by atoms with Gasteiger partial charge in [-0.3, -0.25) is 4.79 Å². The molecule has 1 aliphatic rings. The Labute approximate surface area is 107 Å². The van der Waals surface area contributed by atoms with Gasteiger partial charge in [-0.25, -0.2) is 0 Å². The van der Waals surface area contributed by atoms with E-state index >= 15 is 0 Å². The number of benzene rings is 1. The summed E-state index contributed by atoms with van der Waals surface area (Å²) in [5, 5.41) is 11.6. The molecule has 0 saturated carbocycles. The second-order valence-electron chi connectivity index (χ2n) is 4.77. The van der Waals surface area contributed by atoms with Gasteiger partial charge in [0.25, 0.3) is 5.91 Å². The molecule has 0 radical (unpaired) electrons. The summed E-state index contributed by atoms with van der Waals surface area (Å²) >= 11 is 0. The van der Waals surface area contributed by atoms with Gasteiger partial charge in [0.15, 0.2) is 0 Å². The number of nitriles is 1. The van der Waals surface area contributed by atoms with Gasteiger partial charge < -0.3 is 10.1 Å². The van der Waals surface area contributed by atoms with Crippen molar-refractivity contribution in [2.45, 2.75) is 25.4 Å². The minimum atomic E-state index is -0.234. The highest BCUT2D eigenvalue weighted by molar-refractivity contribution is 5.94. The maximum Gasteiger partial charge on any atom is 0.251 e. The van der Waals surface area contributed by atoms with Crippen LogP contribution < -0.4 is 5.32 Å². The summed E-state index contributed by atoms with van der Waals surface area (Å²) in [5.41, 5.74) is 0.885. The normalized spacial score (nSPS) is 22.4. The lowest BCUT2D eigenvalue weighted by Crippen LogP contribution is -2.40. The molecule has 0 spiro atoms. The van der Waals surface area contributed by atoms with E-state index in [1.165, 1.54) is 0 Å². The van der Waals surface area contributed by atoms with Gasteiger partial charge in [-0.2, -0.15) is 5.26 Å². The first-order valence-electron chi connectivity index (χ1n) is 6.05. The van der Waals surface area contributed by atoms with Crippen LogP contribution in [0, 0.1) is 11.3 Å². The monoisotopic (exact) mass is 244 g/mol. The maximum atomic E-state index is 11.9. The Morgan fingerprint density at radius 1 is 1.50 bits per heavy atom. The van der Waals surface area contributed by atoms with Crippen molar-refractivity contribution in [2.75, 3.05) is 13.2 Å². The summed E-state index contributed by atoms with van der Waals surface area (Å²) in [6.45, 7) is 3.30. The van der Waals surface area contributed by atoms with E-state index in [-0.39, 0.29) is 11.5 Å². The molecule has 4 nitrogen and oxygen atoms in total. The smallest absolute Gasteiger partial charge is 0.251 e. The number of carbonyl (C=O) groups is 1. The standard InChI is InChI=1S/C14H16N2O2/c1-14(7-2-8-18-14)10-16-13(17)12-5-3-11(9-15)4-6-12/h3-6H,2,7-8,10H2,1H3,(H,16,17). The van der Waals surface area contributed by atoms with Crippen molar-refractivity contribution in [1.29, 1.82) is 5.26 Å². The average molecular weight is 244 g/mol. The van der Waals surface area contributed by atoms with Crippen molar-refractivity contribution in [2.24, 2.45) is 0 Å². The molecule has 4 heteroatoms. The summed E-state index contributed by atoms with van der Waals surface area (Å²) in [5.74, 6) is -0.129. The SMILES string of the molecule is CC1(CNC(=O)c2ccc(C#N)cc2)CCCO1. The molecule has 1 amide bonds. The first-order chi connectivity index (χ1) is 8.63. The van der Waals surface area contributed by atoms with Crippen molar-refractivity contribution in [3.63, 3.8) is 0 Å². The average Bonchev–Trinajstić information content (AvgIpc) is 2.83. The predicted molar refractivity (Wildman–Crippen MR) is 67.1 cm³/mol. The number of hydrogen-bond donors (Lipinski definition) is 1. The first-order valence-corrected chi connectivity index (χ1v) is 6.05. The van der Waals surface area contributed by atoms with Gasteiger partial charge >= 0.3 is 0 Å². The zero-order chi connectivity index (χ0) is 13.0. The number of rotatable bonds is 3. The zero-order valence-corrected chi connectivity index (χ0v) is 10.4. The minimum Gasteiger partial charge on any atom is -0.373 e. The quantitative estimate of drug-likeness (QED) is 0.882.